The number of aliphatic imine (C=N–C) groups is 1. The van der Waals surface area contributed by atoms with Gasteiger partial charge in [-0.05, 0) is 39.0 Å². The first-order chi connectivity index (χ1) is 12.4. The molecule has 0 aliphatic carbocycles. The van der Waals surface area contributed by atoms with Gasteiger partial charge in [0.2, 0.25) is 5.91 Å². The van der Waals surface area contributed by atoms with Gasteiger partial charge in [-0.25, -0.2) is 8.78 Å². The van der Waals surface area contributed by atoms with Crippen LogP contribution in [0.5, 0.6) is 5.75 Å². The molecule has 4 nitrogen and oxygen atoms in total. The van der Waals surface area contributed by atoms with Crippen molar-refractivity contribution in [3.05, 3.63) is 41.6 Å². The predicted octanol–water partition coefficient (Wildman–Crippen LogP) is 4.16. The van der Waals surface area contributed by atoms with Crippen molar-refractivity contribution in [2.45, 2.75) is 45.5 Å². The topological polar surface area (TPSA) is 50.7 Å². The van der Waals surface area contributed by atoms with Gasteiger partial charge >= 0.3 is 6.18 Å². The van der Waals surface area contributed by atoms with Crippen molar-refractivity contribution in [1.29, 1.82) is 0 Å². The molecule has 0 saturated heterocycles. The van der Waals surface area contributed by atoms with E-state index in [2.05, 4.69) is 10.3 Å². The average Bonchev–Trinajstić information content (AvgIpc) is 2.57. The SMILES string of the molecule is CC(Oc1c(F)cccc1F)C(C)(C)C(=O)NC1=CC(C(F)(F)F)N=CC1. The highest BCUT2D eigenvalue weighted by Crippen LogP contribution is 2.30. The molecule has 0 saturated carbocycles. The van der Waals surface area contributed by atoms with Crippen molar-refractivity contribution in [2.75, 3.05) is 0 Å². The van der Waals surface area contributed by atoms with E-state index in [1.54, 1.807) is 0 Å². The lowest BCUT2D eigenvalue weighted by atomic mass is 9.86. The number of hydrogen-bond donors (Lipinski definition) is 1. The Bertz CT molecular complexity index is 751. The highest BCUT2D eigenvalue weighted by Gasteiger charge is 2.40. The van der Waals surface area contributed by atoms with Crippen LogP contribution in [0.25, 0.3) is 0 Å². The largest absolute Gasteiger partial charge is 0.484 e. The normalized spacial score (nSPS) is 18.7. The lowest BCUT2D eigenvalue weighted by molar-refractivity contribution is -0.137. The van der Waals surface area contributed by atoms with E-state index in [1.807, 2.05) is 0 Å². The molecule has 2 rings (SSSR count). The van der Waals surface area contributed by atoms with E-state index in [0.717, 1.165) is 24.4 Å². The Labute approximate surface area is 153 Å². The lowest BCUT2D eigenvalue weighted by Crippen LogP contribution is -2.46. The van der Waals surface area contributed by atoms with Crippen molar-refractivity contribution in [3.8, 4) is 5.75 Å². The van der Waals surface area contributed by atoms with E-state index < -0.39 is 47.0 Å². The van der Waals surface area contributed by atoms with E-state index in [-0.39, 0.29) is 12.1 Å². The molecule has 2 atom stereocenters. The number of allylic oxidation sites excluding steroid dienone is 1. The molecule has 0 spiro atoms. The van der Waals surface area contributed by atoms with Crippen LogP contribution >= 0.6 is 0 Å². The molecule has 2 unspecified atom stereocenters. The second-order valence-electron chi connectivity index (χ2n) is 6.70. The van der Waals surface area contributed by atoms with E-state index >= 15 is 0 Å². The Hall–Kier alpha value is -2.45. The number of para-hydroxylation sites is 1. The van der Waals surface area contributed by atoms with Crippen molar-refractivity contribution >= 4 is 12.1 Å². The smallest absolute Gasteiger partial charge is 0.414 e. The van der Waals surface area contributed by atoms with E-state index in [1.165, 1.54) is 26.8 Å². The molecule has 1 heterocycles. The van der Waals surface area contributed by atoms with Gasteiger partial charge in [0.05, 0.1) is 5.41 Å². The third-order valence-electron chi connectivity index (χ3n) is 4.36. The van der Waals surface area contributed by atoms with Crippen molar-refractivity contribution in [1.82, 2.24) is 5.32 Å². The maximum absolute atomic E-state index is 13.7. The molecule has 148 valence electrons. The van der Waals surface area contributed by atoms with Crippen LogP contribution in [0.15, 0.2) is 35.0 Å². The molecule has 1 amide bonds. The lowest BCUT2D eigenvalue weighted by Gasteiger charge is -2.31. The van der Waals surface area contributed by atoms with Crippen LogP contribution in [-0.2, 0) is 4.79 Å². The molecule has 1 aromatic carbocycles. The number of nitrogens with zero attached hydrogens (tertiary/aromatic N) is 1. The minimum Gasteiger partial charge on any atom is -0.484 e. The number of benzene rings is 1. The number of nitrogens with one attached hydrogen (secondary N) is 1. The van der Waals surface area contributed by atoms with E-state index in [4.69, 9.17) is 4.74 Å². The number of carbonyl (C=O) groups excluding carboxylic acids is 1. The monoisotopic (exact) mass is 390 g/mol. The molecular weight excluding hydrogens is 371 g/mol. The Kier molecular flexibility index (Phi) is 5.91. The molecule has 1 N–H and O–H groups in total. The minimum absolute atomic E-state index is 0.0333. The van der Waals surface area contributed by atoms with Crippen LogP contribution in [0, 0.1) is 17.0 Å². The standard InChI is InChI=1S/C18H19F5N2O2/c1-10(27-15-12(19)5-4-6-13(15)20)17(2,3)16(26)25-11-7-8-24-14(9-11)18(21,22)23/h4-6,8-10,14H,7H2,1-3H3,(H,25,26). The van der Waals surface area contributed by atoms with Crippen LogP contribution in [0.2, 0.25) is 0 Å². The summed E-state index contributed by atoms with van der Waals surface area (Å²) in [7, 11) is 0. The second-order valence-corrected chi connectivity index (χ2v) is 6.70. The van der Waals surface area contributed by atoms with Gasteiger partial charge in [0.15, 0.2) is 23.4 Å². The minimum atomic E-state index is -4.55. The van der Waals surface area contributed by atoms with Crippen molar-refractivity contribution in [3.63, 3.8) is 0 Å². The number of halogens is 5. The number of hydrogen-bond acceptors (Lipinski definition) is 3. The van der Waals surface area contributed by atoms with Gasteiger partial charge < -0.3 is 10.1 Å². The molecule has 0 fully saturated rings. The van der Waals surface area contributed by atoms with E-state index in [0.29, 0.717) is 0 Å². The van der Waals surface area contributed by atoms with E-state index in [9.17, 15) is 26.7 Å². The fourth-order valence-corrected chi connectivity index (χ4v) is 2.25. The quantitative estimate of drug-likeness (QED) is 0.768. The van der Waals surface area contributed by atoms with Crippen LogP contribution in [-0.4, -0.2) is 30.4 Å². The summed E-state index contributed by atoms with van der Waals surface area (Å²) in [6, 6.07) is 1.18. The van der Waals surface area contributed by atoms with Gasteiger partial charge in [0, 0.05) is 18.3 Å². The third-order valence-corrected chi connectivity index (χ3v) is 4.36. The molecule has 1 aliphatic heterocycles. The summed E-state index contributed by atoms with van der Waals surface area (Å²) in [6.45, 7) is 4.37. The maximum Gasteiger partial charge on any atom is 0.414 e. The van der Waals surface area contributed by atoms with Crippen LogP contribution in [0.3, 0.4) is 0 Å². The first kappa shape index (κ1) is 20.9. The number of ether oxygens (including phenoxy) is 1. The van der Waals surface area contributed by atoms with Crippen molar-refractivity contribution in [2.24, 2.45) is 10.4 Å². The summed E-state index contributed by atoms with van der Waals surface area (Å²) >= 11 is 0. The number of amides is 1. The van der Waals surface area contributed by atoms with Gasteiger partial charge in [-0.3, -0.25) is 9.79 Å². The van der Waals surface area contributed by atoms with Gasteiger partial charge in [-0.2, -0.15) is 13.2 Å². The molecule has 0 aromatic heterocycles. The summed E-state index contributed by atoms with van der Waals surface area (Å²) in [6.07, 6.45) is -3.58. The Morgan fingerprint density at radius 3 is 2.41 bits per heavy atom. The second kappa shape index (κ2) is 7.66. The number of rotatable bonds is 5. The zero-order valence-electron chi connectivity index (χ0n) is 14.9. The summed E-state index contributed by atoms with van der Waals surface area (Å²) < 4.78 is 71.1. The molecule has 27 heavy (non-hydrogen) atoms. The fourth-order valence-electron chi connectivity index (χ4n) is 2.25. The van der Waals surface area contributed by atoms with Crippen LogP contribution in [0.1, 0.15) is 27.2 Å². The van der Waals surface area contributed by atoms with Gasteiger partial charge in [-0.1, -0.05) is 6.07 Å². The number of carbonyl (C=O) groups is 1. The first-order valence-electron chi connectivity index (χ1n) is 8.14. The summed E-state index contributed by atoms with van der Waals surface area (Å²) in [5.41, 5.74) is -1.24. The Morgan fingerprint density at radius 2 is 1.85 bits per heavy atom. The zero-order chi connectivity index (χ0) is 20.4. The van der Waals surface area contributed by atoms with Crippen LogP contribution < -0.4 is 10.1 Å². The molecule has 1 aromatic rings. The van der Waals surface area contributed by atoms with Gasteiger partial charge in [0.25, 0.3) is 0 Å². The molecule has 1 aliphatic rings. The number of alkyl halides is 3. The van der Waals surface area contributed by atoms with Gasteiger partial charge in [0.1, 0.15) is 6.10 Å². The summed E-state index contributed by atoms with van der Waals surface area (Å²) in [4.78, 5) is 15.9. The first-order valence-corrected chi connectivity index (χ1v) is 8.14. The molecular formula is C18H19F5N2O2. The Balaban J connectivity index is 2.11. The average molecular weight is 390 g/mol. The highest BCUT2D eigenvalue weighted by atomic mass is 19.4. The molecule has 9 heteroatoms. The summed E-state index contributed by atoms with van der Waals surface area (Å²) in [5.74, 6) is -3.10. The third kappa shape index (κ3) is 4.84. The van der Waals surface area contributed by atoms with Gasteiger partial charge in [-0.15, -0.1) is 0 Å². The predicted molar refractivity (Wildman–Crippen MR) is 89.4 cm³/mol. The highest BCUT2D eigenvalue weighted by molar-refractivity contribution is 5.85. The van der Waals surface area contributed by atoms with Crippen molar-refractivity contribution < 1.29 is 31.5 Å². The molecule has 0 radical (unpaired) electrons. The molecule has 0 bridgehead atoms. The maximum atomic E-state index is 13.7. The Morgan fingerprint density at radius 1 is 1.26 bits per heavy atom. The fraction of sp³-hybridized carbons (Fsp3) is 0.444. The number of dihydropyridines is 1. The zero-order valence-corrected chi connectivity index (χ0v) is 14.9. The summed E-state index contributed by atoms with van der Waals surface area (Å²) in [5, 5.41) is 2.42. The van der Waals surface area contributed by atoms with Crippen LogP contribution in [0.4, 0.5) is 22.0 Å².